The zero-order chi connectivity index (χ0) is 20.6. The summed E-state index contributed by atoms with van der Waals surface area (Å²) in [6.07, 6.45) is 6.02. The molecule has 3 N–H and O–H groups in total. The first-order chi connectivity index (χ1) is 14.1. The van der Waals surface area contributed by atoms with Crippen LogP contribution in [0.4, 0.5) is 11.4 Å². The second-order valence-electron chi connectivity index (χ2n) is 7.31. The average Bonchev–Trinajstić information content (AvgIpc) is 3.26. The van der Waals surface area contributed by atoms with Crippen LogP contribution < -0.4 is 21.1 Å². The number of benzene rings is 1. The third kappa shape index (κ3) is 5.47. The summed E-state index contributed by atoms with van der Waals surface area (Å²) in [5.74, 6) is -0.827. The van der Waals surface area contributed by atoms with Gasteiger partial charge in [-0.05, 0) is 49.6 Å². The van der Waals surface area contributed by atoms with E-state index in [1.807, 2.05) is 31.2 Å². The van der Waals surface area contributed by atoms with E-state index in [4.69, 9.17) is 0 Å². The fraction of sp³-hybridized carbons (Fsp3) is 0.409. The van der Waals surface area contributed by atoms with Gasteiger partial charge in [0.1, 0.15) is 11.6 Å². The number of amides is 2. The van der Waals surface area contributed by atoms with E-state index < -0.39 is 17.5 Å². The molecule has 1 fully saturated rings. The van der Waals surface area contributed by atoms with Crippen LogP contribution in [0, 0.1) is 0 Å². The minimum absolute atomic E-state index is 0.00201. The standard InChI is InChI=1S/C22H28N4O3/c1-2-3-11-19(25-21(28)18-10-7-12-23-20(18)27)22(29)24-16-8-6-9-17(15-16)26-13-4-5-14-26/h6-10,12,15,19H,2-5,11,13-14H2,1H3,(H,23,27)(H,24,29)(H,25,28). The Morgan fingerprint density at radius 1 is 1.17 bits per heavy atom. The SMILES string of the molecule is CCCCC(NC(=O)c1ccc[nH]c1=O)C(=O)Nc1cccc(N2CCCC2)c1. The lowest BCUT2D eigenvalue weighted by atomic mass is 10.1. The minimum atomic E-state index is -0.711. The van der Waals surface area contributed by atoms with Crippen molar-refractivity contribution in [2.24, 2.45) is 0 Å². The maximum absolute atomic E-state index is 12.9. The quantitative estimate of drug-likeness (QED) is 0.639. The van der Waals surface area contributed by atoms with Gasteiger partial charge in [0, 0.05) is 30.7 Å². The Labute approximate surface area is 170 Å². The van der Waals surface area contributed by atoms with Crippen molar-refractivity contribution in [2.75, 3.05) is 23.3 Å². The van der Waals surface area contributed by atoms with Crippen LogP contribution in [-0.4, -0.2) is 35.9 Å². The second-order valence-corrected chi connectivity index (χ2v) is 7.31. The van der Waals surface area contributed by atoms with Gasteiger partial charge in [-0.1, -0.05) is 25.8 Å². The Hall–Kier alpha value is -3.09. The number of pyridine rings is 1. The molecule has 1 aliphatic rings. The topological polar surface area (TPSA) is 94.3 Å². The molecule has 2 aromatic rings. The maximum Gasteiger partial charge on any atom is 0.260 e. The number of unbranched alkanes of at least 4 members (excludes halogenated alkanes) is 1. The van der Waals surface area contributed by atoms with Crippen LogP contribution in [0.3, 0.4) is 0 Å². The van der Waals surface area contributed by atoms with E-state index in [1.54, 1.807) is 6.07 Å². The Kier molecular flexibility index (Phi) is 7.05. The summed E-state index contributed by atoms with van der Waals surface area (Å²) >= 11 is 0. The fourth-order valence-corrected chi connectivity index (χ4v) is 3.50. The molecule has 7 nitrogen and oxygen atoms in total. The van der Waals surface area contributed by atoms with Crippen molar-refractivity contribution in [3.63, 3.8) is 0 Å². The molecule has 1 aromatic carbocycles. The van der Waals surface area contributed by atoms with E-state index in [9.17, 15) is 14.4 Å². The summed E-state index contributed by atoms with van der Waals surface area (Å²) in [6.45, 7) is 4.08. The Morgan fingerprint density at radius 2 is 1.97 bits per heavy atom. The van der Waals surface area contributed by atoms with E-state index in [2.05, 4.69) is 20.5 Å². The molecular formula is C22H28N4O3. The molecule has 1 aromatic heterocycles. The lowest BCUT2D eigenvalue weighted by Gasteiger charge is -2.20. The lowest BCUT2D eigenvalue weighted by Crippen LogP contribution is -2.45. The van der Waals surface area contributed by atoms with Crippen LogP contribution >= 0.6 is 0 Å². The Bertz CT molecular complexity index is 903. The summed E-state index contributed by atoms with van der Waals surface area (Å²) in [5.41, 5.74) is 1.31. The van der Waals surface area contributed by atoms with Gasteiger partial charge in [0.15, 0.2) is 0 Å². The third-order valence-electron chi connectivity index (χ3n) is 5.12. The summed E-state index contributed by atoms with van der Waals surface area (Å²) in [6, 6.07) is 10.1. The van der Waals surface area contributed by atoms with Gasteiger partial charge in [0.25, 0.3) is 11.5 Å². The number of aromatic amines is 1. The van der Waals surface area contributed by atoms with Crippen molar-refractivity contribution in [3.05, 3.63) is 58.5 Å². The summed E-state index contributed by atoms with van der Waals surface area (Å²) < 4.78 is 0. The highest BCUT2D eigenvalue weighted by Gasteiger charge is 2.22. The molecule has 1 unspecified atom stereocenters. The molecule has 0 bridgehead atoms. The van der Waals surface area contributed by atoms with Gasteiger partial charge in [0.2, 0.25) is 5.91 Å². The number of rotatable bonds is 8. The molecule has 2 amide bonds. The highest BCUT2D eigenvalue weighted by atomic mass is 16.2. The van der Waals surface area contributed by atoms with Gasteiger partial charge >= 0.3 is 0 Å². The summed E-state index contributed by atoms with van der Waals surface area (Å²) in [4.78, 5) is 42.0. The van der Waals surface area contributed by atoms with Crippen LogP contribution in [0.2, 0.25) is 0 Å². The number of anilines is 2. The molecule has 2 heterocycles. The highest BCUT2D eigenvalue weighted by molar-refractivity contribution is 6.01. The fourth-order valence-electron chi connectivity index (χ4n) is 3.50. The first-order valence-electron chi connectivity index (χ1n) is 10.2. The van der Waals surface area contributed by atoms with Gasteiger partial charge < -0.3 is 20.5 Å². The Morgan fingerprint density at radius 3 is 2.69 bits per heavy atom. The van der Waals surface area contributed by atoms with Gasteiger partial charge in [-0.2, -0.15) is 0 Å². The first kappa shape index (κ1) is 20.6. The third-order valence-corrected chi connectivity index (χ3v) is 5.12. The molecule has 7 heteroatoms. The van der Waals surface area contributed by atoms with E-state index >= 15 is 0 Å². The number of hydrogen-bond acceptors (Lipinski definition) is 4. The molecular weight excluding hydrogens is 368 g/mol. The van der Waals surface area contributed by atoms with Crippen molar-refractivity contribution in [1.82, 2.24) is 10.3 Å². The second kappa shape index (κ2) is 9.91. The van der Waals surface area contributed by atoms with E-state index in [1.165, 1.54) is 25.1 Å². The summed E-state index contributed by atoms with van der Waals surface area (Å²) in [5, 5.41) is 5.64. The van der Waals surface area contributed by atoms with Crippen LogP contribution in [0.25, 0.3) is 0 Å². The number of nitrogens with zero attached hydrogens (tertiary/aromatic N) is 1. The molecule has 154 valence electrons. The molecule has 0 saturated carbocycles. The van der Waals surface area contributed by atoms with E-state index in [0.29, 0.717) is 12.1 Å². The summed E-state index contributed by atoms with van der Waals surface area (Å²) in [7, 11) is 0. The lowest BCUT2D eigenvalue weighted by molar-refractivity contribution is -0.118. The number of hydrogen-bond donors (Lipinski definition) is 3. The average molecular weight is 396 g/mol. The Balaban J connectivity index is 1.70. The van der Waals surface area contributed by atoms with Crippen LogP contribution in [0.5, 0.6) is 0 Å². The molecule has 0 aliphatic carbocycles. The predicted molar refractivity (Wildman–Crippen MR) is 114 cm³/mol. The number of carbonyl (C=O) groups is 2. The molecule has 3 rings (SSSR count). The molecule has 1 saturated heterocycles. The van der Waals surface area contributed by atoms with Crippen molar-refractivity contribution in [3.8, 4) is 0 Å². The first-order valence-corrected chi connectivity index (χ1v) is 10.2. The maximum atomic E-state index is 12.9. The van der Waals surface area contributed by atoms with Crippen molar-refractivity contribution < 1.29 is 9.59 Å². The van der Waals surface area contributed by atoms with Gasteiger partial charge in [0.05, 0.1) is 0 Å². The van der Waals surface area contributed by atoms with Crippen molar-refractivity contribution in [2.45, 2.75) is 45.1 Å². The molecule has 0 radical (unpaired) electrons. The van der Waals surface area contributed by atoms with Crippen molar-refractivity contribution in [1.29, 1.82) is 0 Å². The largest absolute Gasteiger partial charge is 0.371 e. The molecule has 1 aliphatic heterocycles. The number of H-pyrrole nitrogens is 1. The van der Waals surface area contributed by atoms with Gasteiger partial charge in [-0.15, -0.1) is 0 Å². The van der Waals surface area contributed by atoms with Crippen LogP contribution in [0.15, 0.2) is 47.4 Å². The van der Waals surface area contributed by atoms with E-state index in [-0.39, 0.29) is 11.5 Å². The minimum Gasteiger partial charge on any atom is -0.371 e. The molecule has 29 heavy (non-hydrogen) atoms. The van der Waals surface area contributed by atoms with Crippen molar-refractivity contribution >= 4 is 23.2 Å². The smallest absolute Gasteiger partial charge is 0.260 e. The molecule has 0 spiro atoms. The highest BCUT2D eigenvalue weighted by Crippen LogP contribution is 2.23. The number of nitrogens with one attached hydrogen (secondary N) is 3. The predicted octanol–water partition coefficient (Wildman–Crippen LogP) is 2.90. The van der Waals surface area contributed by atoms with Gasteiger partial charge in [-0.3, -0.25) is 14.4 Å². The number of aromatic nitrogens is 1. The zero-order valence-corrected chi connectivity index (χ0v) is 16.7. The van der Waals surface area contributed by atoms with Crippen LogP contribution in [0.1, 0.15) is 49.4 Å². The van der Waals surface area contributed by atoms with E-state index in [0.717, 1.165) is 31.6 Å². The monoisotopic (exact) mass is 396 g/mol. The number of carbonyl (C=O) groups excluding carboxylic acids is 2. The zero-order valence-electron chi connectivity index (χ0n) is 16.7. The normalized spacial score (nSPS) is 14.4. The van der Waals surface area contributed by atoms with Crippen LogP contribution in [-0.2, 0) is 4.79 Å². The van der Waals surface area contributed by atoms with Gasteiger partial charge in [-0.25, -0.2) is 0 Å². The molecule has 1 atom stereocenters.